The van der Waals surface area contributed by atoms with E-state index >= 15 is 0 Å². The Hall–Kier alpha value is -4.76. The van der Waals surface area contributed by atoms with Gasteiger partial charge in [-0.15, -0.1) is 0 Å². The van der Waals surface area contributed by atoms with E-state index in [0.717, 1.165) is 0 Å². The zero-order chi connectivity index (χ0) is 25.5. The summed E-state index contributed by atoms with van der Waals surface area (Å²) in [5.41, 5.74) is 2.21. The highest BCUT2D eigenvalue weighted by Crippen LogP contribution is 2.35. The summed E-state index contributed by atoms with van der Waals surface area (Å²) in [7, 11) is 3.10. The highest BCUT2D eigenvalue weighted by molar-refractivity contribution is 6.09. The highest BCUT2D eigenvalue weighted by Gasteiger charge is 2.21. The van der Waals surface area contributed by atoms with Crippen molar-refractivity contribution >= 4 is 23.1 Å². The smallest absolute Gasteiger partial charge is 0.261 e. The lowest BCUT2D eigenvalue weighted by molar-refractivity contribution is -0.121. The van der Waals surface area contributed by atoms with Crippen LogP contribution in [0.25, 0.3) is 16.9 Å². The summed E-state index contributed by atoms with van der Waals surface area (Å²) in [6, 6.07) is 8.68. The number of hydrogen-bond acceptors (Lipinski definition) is 8. The first kappa shape index (κ1) is 24.4. The number of amides is 2. The number of nitrogens with zero attached hydrogens (tertiary/aromatic N) is 6. The van der Waals surface area contributed by atoms with Gasteiger partial charge in [0.1, 0.15) is 23.6 Å². The van der Waals surface area contributed by atoms with E-state index in [1.165, 1.54) is 22.5 Å². The third-order valence-electron chi connectivity index (χ3n) is 5.27. The summed E-state index contributed by atoms with van der Waals surface area (Å²) < 4.78 is 13.4. The Morgan fingerprint density at radius 2 is 2.11 bits per heavy atom. The first-order chi connectivity index (χ1) is 17.5. The normalized spacial score (nSPS) is 10.7. The molecule has 12 heteroatoms. The summed E-state index contributed by atoms with van der Waals surface area (Å²) >= 11 is 0. The number of nitriles is 1. The molecule has 0 saturated carbocycles. The maximum Gasteiger partial charge on any atom is 0.261 e. The zero-order valence-corrected chi connectivity index (χ0v) is 19.8. The van der Waals surface area contributed by atoms with Crippen LogP contribution in [0.1, 0.15) is 22.3 Å². The van der Waals surface area contributed by atoms with E-state index in [2.05, 4.69) is 31.9 Å². The molecular formula is C24H24N8O4. The highest BCUT2D eigenvalue weighted by atomic mass is 16.5. The quantitative estimate of drug-likeness (QED) is 0.322. The second kappa shape index (κ2) is 11.1. The van der Waals surface area contributed by atoms with E-state index in [1.54, 1.807) is 50.0 Å². The number of carbonyl (C=O) groups excluding carboxylic acids is 2. The minimum absolute atomic E-state index is 0.0750. The van der Waals surface area contributed by atoms with E-state index in [9.17, 15) is 14.9 Å². The van der Waals surface area contributed by atoms with Gasteiger partial charge in [-0.05, 0) is 30.7 Å². The summed E-state index contributed by atoms with van der Waals surface area (Å²) in [6.07, 6.45) is 6.91. The van der Waals surface area contributed by atoms with Crippen molar-refractivity contribution < 1.29 is 19.1 Å². The van der Waals surface area contributed by atoms with Crippen molar-refractivity contribution in [2.45, 2.75) is 13.0 Å². The second-order valence-corrected chi connectivity index (χ2v) is 7.71. The molecular weight excluding hydrogens is 464 g/mol. The van der Waals surface area contributed by atoms with Gasteiger partial charge in [-0.2, -0.15) is 15.5 Å². The van der Waals surface area contributed by atoms with Gasteiger partial charge in [0.15, 0.2) is 5.65 Å². The SMILES string of the molecule is COCCCNC(=O)Cn1cc(NC(=O)c2cnn3cccnc23)c(-c2cc(C#N)ccc2OC)n1. The Bertz CT molecular complexity index is 1440. The van der Waals surface area contributed by atoms with Gasteiger partial charge >= 0.3 is 0 Å². The predicted octanol–water partition coefficient (Wildman–Crippen LogP) is 1.88. The molecule has 2 N–H and O–H groups in total. The van der Waals surface area contributed by atoms with E-state index in [4.69, 9.17) is 9.47 Å². The van der Waals surface area contributed by atoms with Crippen molar-refractivity contribution in [2.24, 2.45) is 0 Å². The van der Waals surface area contributed by atoms with Gasteiger partial charge in [-0.25, -0.2) is 9.50 Å². The molecule has 3 heterocycles. The number of anilines is 1. The van der Waals surface area contributed by atoms with Gasteiger partial charge in [-0.1, -0.05) is 0 Å². The largest absolute Gasteiger partial charge is 0.496 e. The second-order valence-electron chi connectivity index (χ2n) is 7.71. The Morgan fingerprint density at radius 3 is 2.89 bits per heavy atom. The molecule has 1 aromatic carbocycles. The molecule has 2 amide bonds. The van der Waals surface area contributed by atoms with Crippen LogP contribution in [-0.2, 0) is 16.1 Å². The molecule has 0 aliphatic heterocycles. The molecule has 0 spiro atoms. The third kappa shape index (κ3) is 5.31. The predicted molar refractivity (Wildman–Crippen MR) is 129 cm³/mol. The lowest BCUT2D eigenvalue weighted by atomic mass is 10.1. The fourth-order valence-electron chi connectivity index (χ4n) is 3.58. The van der Waals surface area contributed by atoms with Gasteiger partial charge < -0.3 is 20.1 Å². The number of fused-ring (bicyclic) bond motifs is 1. The lowest BCUT2D eigenvalue weighted by Crippen LogP contribution is -2.29. The maximum absolute atomic E-state index is 13.2. The van der Waals surface area contributed by atoms with Crippen molar-refractivity contribution in [1.29, 1.82) is 5.26 Å². The summed E-state index contributed by atoms with van der Waals surface area (Å²) in [6.45, 7) is 0.925. The van der Waals surface area contributed by atoms with E-state index in [1.807, 2.05) is 0 Å². The molecule has 4 aromatic rings. The Morgan fingerprint density at radius 1 is 1.25 bits per heavy atom. The van der Waals surface area contributed by atoms with E-state index in [-0.39, 0.29) is 18.0 Å². The topological polar surface area (TPSA) is 148 Å². The molecule has 0 radical (unpaired) electrons. The number of benzene rings is 1. The van der Waals surface area contributed by atoms with Crippen LogP contribution in [-0.4, -0.2) is 63.6 Å². The number of aromatic nitrogens is 5. The van der Waals surface area contributed by atoms with Gasteiger partial charge in [0.25, 0.3) is 5.91 Å². The Balaban J connectivity index is 1.67. The van der Waals surface area contributed by atoms with Gasteiger partial charge in [0.05, 0.1) is 30.6 Å². The van der Waals surface area contributed by atoms with Crippen LogP contribution in [0.15, 0.2) is 49.1 Å². The van der Waals surface area contributed by atoms with Gasteiger partial charge in [-0.3, -0.25) is 14.3 Å². The van der Waals surface area contributed by atoms with Gasteiger partial charge in [0.2, 0.25) is 5.91 Å². The number of carbonyl (C=O) groups is 2. The molecule has 3 aromatic heterocycles. The average Bonchev–Trinajstić information content (AvgIpc) is 3.50. The van der Waals surface area contributed by atoms with Crippen molar-refractivity contribution in [3.05, 3.63) is 60.2 Å². The zero-order valence-electron chi connectivity index (χ0n) is 19.8. The molecule has 36 heavy (non-hydrogen) atoms. The molecule has 0 bridgehead atoms. The Kier molecular flexibility index (Phi) is 7.52. The maximum atomic E-state index is 13.2. The lowest BCUT2D eigenvalue weighted by Gasteiger charge is -2.09. The average molecular weight is 489 g/mol. The molecule has 4 rings (SSSR count). The number of rotatable bonds is 10. The molecule has 0 aliphatic carbocycles. The van der Waals surface area contributed by atoms with Crippen molar-refractivity contribution in [3.63, 3.8) is 0 Å². The molecule has 0 atom stereocenters. The van der Waals surface area contributed by atoms with Crippen LogP contribution in [0.4, 0.5) is 5.69 Å². The number of ether oxygens (including phenoxy) is 2. The molecule has 0 unspecified atom stereocenters. The molecule has 0 saturated heterocycles. The van der Waals surface area contributed by atoms with Crippen LogP contribution in [0.2, 0.25) is 0 Å². The van der Waals surface area contributed by atoms with Crippen LogP contribution >= 0.6 is 0 Å². The first-order valence-corrected chi connectivity index (χ1v) is 11.1. The monoisotopic (exact) mass is 488 g/mol. The molecule has 12 nitrogen and oxygen atoms in total. The van der Waals surface area contributed by atoms with Crippen LogP contribution in [0.3, 0.4) is 0 Å². The van der Waals surface area contributed by atoms with Crippen LogP contribution < -0.4 is 15.4 Å². The van der Waals surface area contributed by atoms with Crippen molar-refractivity contribution in [1.82, 2.24) is 29.7 Å². The number of hydrogen-bond donors (Lipinski definition) is 2. The Labute approximate surface area is 206 Å². The fraction of sp³-hybridized carbons (Fsp3) is 0.250. The third-order valence-corrected chi connectivity index (χ3v) is 5.27. The van der Waals surface area contributed by atoms with Crippen molar-refractivity contribution in [3.8, 4) is 23.1 Å². The first-order valence-electron chi connectivity index (χ1n) is 11.1. The van der Waals surface area contributed by atoms with Gasteiger partial charge in [0, 0.05) is 44.4 Å². The molecule has 0 aliphatic rings. The molecule has 0 fully saturated rings. The van der Waals surface area contributed by atoms with Crippen LogP contribution in [0, 0.1) is 11.3 Å². The summed E-state index contributed by atoms with van der Waals surface area (Å²) in [5, 5.41) is 23.7. The minimum atomic E-state index is -0.455. The summed E-state index contributed by atoms with van der Waals surface area (Å²) in [4.78, 5) is 29.8. The van der Waals surface area contributed by atoms with E-state index < -0.39 is 5.91 Å². The molecule has 184 valence electrons. The van der Waals surface area contributed by atoms with Crippen LogP contribution in [0.5, 0.6) is 5.75 Å². The summed E-state index contributed by atoms with van der Waals surface area (Å²) in [5.74, 6) is -0.247. The minimum Gasteiger partial charge on any atom is -0.496 e. The fourth-order valence-corrected chi connectivity index (χ4v) is 3.58. The number of methoxy groups -OCH3 is 2. The van der Waals surface area contributed by atoms with E-state index in [0.29, 0.717) is 53.5 Å². The standard InChI is InChI=1S/C24H24N8O4/c1-35-10-4-8-26-21(33)15-31-14-19(22(30-31)17-11-16(12-25)5-6-20(17)36-2)29-24(34)18-13-28-32-9-3-7-27-23(18)32/h3,5-7,9,11,13-14H,4,8,10,15H2,1-2H3,(H,26,33)(H,29,34). The number of nitrogens with one attached hydrogen (secondary N) is 2. The van der Waals surface area contributed by atoms with Crippen molar-refractivity contribution in [2.75, 3.05) is 32.7 Å².